The zero-order chi connectivity index (χ0) is 15.4. The molecule has 1 aromatic carbocycles. The molecule has 0 radical (unpaired) electrons. The monoisotopic (exact) mass is 351 g/mol. The molecule has 0 fully saturated rings. The molecule has 0 unspecified atom stereocenters. The summed E-state index contributed by atoms with van der Waals surface area (Å²) < 4.78 is 6.23. The van der Waals surface area contributed by atoms with E-state index in [-0.39, 0.29) is 11.4 Å². The highest BCUT2D eigenvalue weighted by atomic mass is 79.9. The normalized spacial score (nSPS) is 10.4. The molecule has 1 heterocycles. The molecule has 7 heteroatoms. The first-order valence-corrected chi connectivity index (χ1v) is 7.02. The molecule has 0 saturated carbocycles. The van der Waals surface area contributed by atoms with Crippen LogP contribution in [0, 0.1) is 17.0 Å². The maximum Gasteiger partial charge on any atom is 0.313 e. The number of hydrogen-bond donors (Lipinski definition) is 1. The molecule has 21 heavy (non-hydrogen) atoms. The van der Waals surface area contributed by atoms with Crippen molar-refractivity contribution in [3.63, 3.8) is 0 Å². The van der Waals surface area contributed by atoms with Crippen LogP contribution >= 0.6 is 15.9 Å². The van der Waals surface area contributed by atoms with E-state index in [9.17, 15) is 10.1 Å². The van der Waals surface area contributed by atoms with Crippen LogP contribution in [0.3, 0.4) is 0 Å². The SMILES string of the molecule is CNCc1ccc(Oc2c(C)cc(Br)cc2[N+](=O)[O-])nc1. The molecule has 1 aromatic heterocycles. The van der Waals surface area contributed by atoms with Crippen molar-refractivity contribution in [3.8, 4) is 11.6 Å². The van der Waals surface area contributed by atoms with Gasteiger partial charge in [-0.05, 0) is 25.6 Å². The summed E-state index contributed by atoms with van der Waals surface area (Å²) in [5.74, 6) is 0.528. The molecule has 0 atom stereocenters. The Morgan fingerprint density at radius 1 is 1.43 bits per heavy atom. The van der Waals surface area contributed by atoms with E-state index < -0.39 is 4.92 Å². The highest BCUT2D eigenvalue weighted by molar-refractivity contribution is 9.10. The third-order valence-corrected chi connectivity index (χ3v) is 3.26. The third-order valence-electron chi connectivity index (χ3n) is 2.80. The molecule has 2 rings (SSSR count). The Labute approximate surface area is 130 Å². The largest absolute Gasteiger partial charge is 0.432 e. The summed E-state index contributed by atoms with van der Waals surface area (Å²) in [6, 6.07) is 6.73. The lowest BCUT2D eigenvalue weighted by Crippen LogP contribution is -2.05. The van der Waals surface area contributed by atoms with Gasteiger partial charge >= 0.3 is 5.69 Å². The van der Waals surface area contributed by atoms with Gasteiger partial charge < -0.3 is 10.1 Å². The standard InChI is InChI=1S/C14H14BrN3O3/c1-9-5-11(15)6-12(18(19)20)14(9)21-13-4-3-10(7-16-2)8-17-13/h3-6,8,16H,7H2,1-2H3. The molecule has 1 N–H and O–H groups in total. The van der Waals surface area contributed by atoms with Crippen LogP contribution in [0.4, 0.5) is 5.69 Å². The minimum Gasteiger partial charge on any atom is -0.432 e. The van der Waals surface area contributed by atoms with Crippen molar-refractivity contribution in [3.05, 3.63) is 56.2 Å². The maximum atomic E-state index is 11.1. The van der Waals surface area contributed by atoms with Crippen molar-refractivity contribution < 1.29 is 9.66 Å². The van der Waals surface area contributed by atoms with Crippen LogP contribution in [0.1, 0.15) is 11.1 Å². The van der Waals surface area contributed by atoms with Crippen molar-refractivity contribution in [1.29, 1.82) is 0 Å². The first kappa shape index (κ1) is 15.4. The number of nitrogens with one attached hydrogen (secondary N) is 1. The fourth-order valence-electron chi connectivity index (χ4n) is 1.87. The smallest absolute Gasteiger partial charge is 0.313 e. The minimum atomic E-state index is -0.470. The second-order valence-corrected chi connectivity index (χ2v) is 5.38. The second-order valence-electron chi connectivity index (χ2n) is 4.47. The molecule has 0 bridgehead atoms. The van der Waals surface area contributed by atoms with Gasteiger partial charge in [0.25, 0.3) is 0 Å². The van der Waals surface area contributed by atoms with Crippen LogP contribution < -0.4 is 10.1 Å². The van der Waals surface area contributed by atoms with Crippen LogP contribution in [0.2, 0.25) is 0 Å². The number of hydrogen-bond acceptors (Lipinski definition) is 5. The molecule has 0 saturated heterocycles. The maximum absolute atomic E-state index is 11.1. The minimum absolute atomic E-state index is 0.0945. The number of nitro groups is 1. The number of halogens is 1. The van der Waals surface area contributed by atoms with Crippen LogP contribution in [0.15, 0.2) is 34.9 Å². The first-order valence-electron chi connectivity index (χ1n) is 6.23. The number of aromatic nitrogens is 1. The van der Waals surface area contributed by atoms with Gasteiger partial charge in [-0.2, -0.15) is 0 Å². The first-order chi connectivity index (χ1) is 10.0. The van der Waals surface area contributed by atoms with Gasteiger partial charge in [0.05, 0.1) is 4.92 Å². The molecule has 0 amide bonds. The molecule has 6 nitrogen and oxygen atoms in total. The molecule has 0 aliphatic carbocycles. The van der Waals surface area contributed by atoms with Crippen LogP contribution in [-0.4, -0.2) is 17.0 Å². The lowest BCUT2D eigenvalue weighted by molar-refractivity contribution is -0.385. The Morgan fingerprint density at radius 3 is 2.76 bits per heavy atom. The van der Waals surface area contributed by atoms with Crippen molar-refractivity contribution in [2.75, 3.05) is 7.05 Å². The summed E-state index contributed by atoms with van der Waals surface area (Å²) in [4.78, 5) is 14.8. The summed E-state index contributed by atoms with van der Waals surface area (Å²) >= 11 is 3.25. The average molecular weight is 352 g/mol. The zero-order valence-corrected chi connectivity index (χ0v) is 13.2. The molecule has 0 spiro atoms. The summed E-state index contributed by atoms with van der Waals surface area (Å²) in [5, 5.41) is 14.1. The quantitative estimate of drug-likeness (QED) is 0.658. The van der Waals surface area contributed by atoms with E-state index in [1.54, 1.807) is 25.3 Å². The Balaban J connectivity index is 2.32. The van der Waals surface area contributed by atoms with E-state index in [0.29, 0.717) is 22.5 Å². The predicted molar refractivity (Wildman–Crippen MR) is 82.6 cm³/mol. The Morgan fingerprint density at radius 2 is 2.19 bits per heavy atom. The third kappa shape index (κ3) is 3.77. The van der Waals surface area contributed by atoms with E-state index in [0.717, 1.165) is 5.56 Å². The van der Waals surface area contributed by atoms with Gasteiger partial charge in [0, 0.05) is 34.9 Å². The van der Waals surface area contributed by atoms with Crippen molar-refractivity contribution in [2.24, 2.45) is 0 Å². The number of benzene rings is 1. The molecule has 110 valence electrons. The number of nitro benzene ring substituents is 1. The van der Waals surface area contributed by atoms with E-state index in [4.69, 9.17) is 4.74 Å². The predicted octanol–water partition coefficient (Wildman–Crippen LogP) is 3.57. The molecule has 0 aliphatic heterocycles. The summed E-state index contributed by atoms with van der Waals surface area (Å²) in [6.45, 7) is 2.45. The number of pyridine rings is 1. The van der Waals surface area contributed by atoms with E-state index in [1.165, 1.54) is 6.07 Å². The van der Waals surface area contributed by atoms with Gasteiger partial charge in [0.1, 0.15) is 0 Å². The topological polar surface area (TPSA) is 77.3 Å². The van der Waals surface area contributed by atoms with Crippen LogP contribution in [0.25, 0.3) is 0 Å². The van der Waals surface area contributed by atoms with Crippen molar-refractivity contribution in [2.45, 2.75) is 13.5 Å². The van der Waals surface area contributed by atoms with Gasteiger partial charge in [0.15, 0.2) is 0 Å². The Bertz CT molecular complexity index is 659. The summed E-state index contributed by atoms with van der Waals surface area (Å²) in [5.41, 5.74) is 1.58. The molecular formula is C14H14BrN3O3. The fourth-order valence-corrected chi connectivity index (χ4v) is 2.43. The lowest BCUT2D eigenvalue weighted by Gasteiger charge is -2.09. The highest BCUT2D eigenvalue weighted by Gasteiger charge is 2.20. The zero-order valence-electron chi connectivity index (χ0n) is 11.6. The number of aryl methyl sites for hydroxylation is 1. The Kier molecular flexibility index (Phi) is 4.87. The fraction of sp³-hybridized carbons (Fsp3) is 0.214. The van der Waals surface area contributed by atoms with Gasteiger partial charge in [-0.25, -0.2) is 4.98 Å². The van der Waals surface area contributed by atoms with Gasteiger partial charge in [-0.3, -0.25) is 10.1 Å². The number of nitrogens with zero attached hydrogens (tertiary/aromatic N) is 2. The van der Waals surface area contributed by atoms with Crippen molar-refractivity contribution in [1.82, 2.24) is 10.3 Å². The number of rotatable bonds is 5. The summed E-state index contributed by atoms with van der Waals surface area (Å²) in [7, 11) is 1.85. The summed E-state index contributed by atoms with van der Waals surface area (Å²) in [6.07, 6.45) is 1.67. The molecule has 2 aromatic rings. The molecule has 0 aliphatic rings. The molecular weight excluding hydrogens is 338 g/mol. The van der Waals surface area contributed by atoms with Gasteiger partial charge in [0.2, 0.25) is 11.6 Å². The highest BCUT2D eigenvalue weighted by Crippen LogP contribution is 2.36. The van der Waals surface area contributed by atoms with E-state index in [2.05, 4.69) is 26.2 Å². The van der Waals surface area contributed by atoms with Crippen molar-refractivity contribution >= 4 is 21.6 Å². The van der Waals surface area contributed by atoms with E-state index >= 15 is 0 Å². The Hall–Kier alpha value is -1.99. The van der Waals surface area contributed by atoms with E-state index in [1.807, 2.05) is 13.1 Å². The van der Waals surface area contributed by atoms with Gasteiger partial charge in [-0.15, -0.1) is 0 Å². The second kappa shape index (κ2) is 6.64. The van der Waals surface area contributed by atoms with Crippen LogP contribution in [0.5, 0.6) is 11.6 Å². The lowest BCUT2D eigenvalue weighted by atomic mass is 10.2. The average Bonchev–Trinajstić information content (AvgIpc) is 2.43. The van der Waals surface area contributed by atoms with Crippen LogP contribution in [-0.2, 0) is 6.54 Å². The van der Waals surface area contributed by atoms with Gasteiger partial charge in [-0.1, -0.05) is 22.0 Å². The number of ether oxygens (including phenoxy) is 1.